The van der Waals surface area contributed by atoms with E-state index in [1.165, 1.54) is 32.8 Å². The lowest BCUT2D eigenvalue weighted by molar-refractivity contribution is 0.198. The third-order valence-electron chi connectivity index (χ3n) is 6.46. The quantitative estimate of drug-likeness (QED) is 0.476. The molecule has 1 saturated carbocycles. The second-order valence-corrected chi connectivity index (χ2v) is 8.85. The van der Waals surface area contributed by atoms with Crippen molar-refractivity contribution in [1.82, 2.24) is 15.5 Å². The predicted molar refractivity (Wildman–Crippen MR) is 124 cm³/mol. The van der Waals surface area contributed by atoms with Gasteiger partial charge >= 0.3 is 0 Å². The van der Waals surface area contributed by atoms with Crippen molar-refractivity contribution in [3.05, 3.63) is 53.7 Å². The molecule has 1 aliphatic heterocycles. The first-order valence-electron chi connectivity index (χ1n) is 11.8. The summed E-state index contributed by atoms with van der Waals surface area (Å²) in [5.74, 6) is 1.90. The van der Waals surface area contributed by atoms with E-state index in [0.29, 0.717) is 24.4 Å². The molecule has 2 aromatic rings. The van der Waals surface area contributed by atoms with Crippen LogP contribution in [-0.4, -0.2) is 49.7 Å². The van der Waals surface area contributed by atoms with E-state index in [9.17, 15) is 4.39 Å². The van der Waals surface area contributed by atoms with Crippen molar-refractivity contribution < 1.29 is 13.5 Å². The van der Waals surface area contributed by atoms with Crippen LogP contribution in [0.5, 0.6) is 5.75 Å². The first-order chi connectivity index (χ1) is 15.7. The molecular weight excluding hydrogens is 407 g/mol. The fourth-order valence-corrected chi connectivity index (χ4v) is 4.62. The molecule has 174 valence electrons. The van der Waals surface area contributed by atoms with Crippen LogP contribution in [0.15, 0.2) is 46.0 Å². The highest BCUT2D eigenvalue weighted by Gasteiger charge is 2.22. The van der Waals surface area contributed by atoms with E-state index in [1.54, 1.807) is 18.4 Å². The smallest absolute Gasteiger partial charge is 0.191 e. The van der Waals surface area contributed by atoms with Crippen LogP contribution in [0.25, 0.3) is 0 Å². The van der Waals surface area contributed by atoms with Gasteiger partial charge in [0.1, 0.15) is 5.76 Å². The number of hydrogen-bond acceptors (Lipinski definition) is 4. The van der Waals surface area contributed by atoms with Crippen LogP contribution in [0.1, 0.15) is 49.8 Å². The highest BCUT2D eigenvalue weighted by Crippen LogP contribution is 2.21. The van der Waals surface area contributed by atoms with E-state index in [2.05, 4.69) is 15.5 Å². The van der Waals surface area contributed by atoms with Gasteiger partial charge in [-0.15, -0.1) is 0 Å². The van der Waals surface area contributed by atoms with Gasteiger partial charge in [0.05, 0.1) is 13.4 Å². The van der Waals surface area contributed by atoms with Crippen LogP contribution in [0, 0.1) is 5.82 Å². The van der Waals surface area contributed by atoms with Crippen LogP contribution in [0.2, 0.25) is 0 Å². The Hall–Kier alpha value is -2.54. The summed E-state index contributed by atoms with van der Waals surface area (Å²) in [6.07, 6.45) is 9.63. The summed E-state index contributed by atoms with van der Waals surface area (Å²) >= 11 is 0. The van der Waals surface area contributed by atoms with E-state index in [-0.39, 0.29) is 5.82 Å². The molecule has 0 atom stereocenters. The number of methoxy groups -OCH3 is 1. The summed E-state index contributed by atoms with van der Waals surface area (Å²) in [5, 5.41) is 7.33. The zero-order valence-corrected chi connectivity index (χ0v) is 19.0. The van der Waals surface area contributed by atoms with Crippen LogP contribution in [-0.2, 0) is 13.0 Å². The topological polar surface area (TPSA) is 62.0 Å². The monoisotopic (exact) mass is 442 g/mol. The van der Waals surface area contributed by atoms with Gasteiger partial charge in [-0.3, -0.25) is 9.89 Å². The molecule has 7 heteroatoms. The number of piperidine rings is 1. The van der Waals surface area contributed by atoms with Crippen molar-refractivity contribution in [3.8, 4) is 5.75 Å². The molecule has 2 fully saturated rings. The molecule has 0 bridgehead atoms. The molecule has 0 radical (unpaired) electrons. The summed E-state index contributed by atoms with van der Waals surface area (Å²) in [6, 6.07) is 10.1. The number of guanidine groups is 1. The number of likely N-dealkylation sites (tertiary alicyclic amines) is 1. The molecule has 2 N–H and O–H groups in total. The van der Waals surface area contributed by atoms with Crippen LogP contribution >= 0.6 is 0 Å². The van der Waals surface area contributed by atoms with Crippen LogP contribution in [0.4, 0.5) is 4.39 Å². The number of nitrogens with zero attached hydrogens (tertiary/aromatic N) is 2. The molecule has 0 unspecified atom stereocenters. The van der Waals surface area contributed by atoms with Gasteiger partial charge in [0.2, 0.25) is 0 Å². The molecule has 1 aliphatic carbocycles. The highest BCUT2D eigenvalue weighted by molar-refractivity contribution is 5.80. The van der Waals surface area contributed by atoms with Crippen molar-refractivity contribution in [1.29, 1.82) is 0 Å². The van der Waals surface area contributed by atoms with E-state index in [1.807, 2.05) is 18.2 Å². The lowest BCUT2D eigenvalue weighted by Gasteiger charge is -2.33. The molecule has 0 spiro atoms. The number of aliphatic imine (C=N–C) groups is 1. The number of ether oxygens (including phenoxy) is 1. The van der Waals surface area contributed by atoms with Crippen LogP contribution < -0.4 is 15.4 Å². The standard InChI is InChI=1S/C25H35FN4O2/c1-31-24-9-8-19(17-23(24)26)18-30-14-11-21(12-15-30)29-25(28-20-5-2-3-6-20)27-13-10-22-7-4-16-32-22/h4,7-9,16-17,20-21H,2-3,5-6,10-15,18H2,1H3,(H2,27,28,29). The Morgan fingerprint density at radius 3 is 2.53 bits per heavy atom. The van der Waals surface area contributed by atoms with Gasteiger partial charge in [-0.2, -0.15) is 0 Å². The highest BCUT2D eigenvalue weighted by atomic mass is 19.1. The van der Waals surface area contributed by atoms with Gasteiger partial charge in [-0.05, 0) is 55.5 Å². The second kappa shape index (κ2) is 11.4. The van der Waals surface area contributed by atoms with Gasteiger partial charge in [0, 0.05) is 44.7 Å². The van der Waals surface area contributed by atoms with Crippen molar-refractivity contribution in [2.45, 2.75) is 63.6 Å². The average molecular weight is 443 g/mol. The molecule has 2 aliphatic rings. The van der Waals surface area contributed by atoms with E-state index in [4.69, 9.17) is 14.1 Å². The Balaban J connectivity index is 1.27. The molecule has 6 nitrogen and oxygen atoms in total. The summed E-state index contributed by atoms with van der Waals surface area (Å²) in [6.45, 7) is 3.43. The molecule has 1 saturated heterocycles. The SMILES string of the molecule is COc1ccc(CN2CCC(NC(=NCCc3ccco3)NC3CCCC3)CC2)cc1F. The fourth-order valence-electron chi connectivity index (χ4n) is 4.62. The predicted octanol–water partition coefficient (Wildman–Crippen LogP) is 4.11. The van der Waals surface area contributed by atoms with Gasteiger partial charge < -0.3 is 19.8 Å². The maximum Gasteiger partial charge on any atom is 0.191 e. The maximum absolute atomic E-state index is 14.0. The van der Waals surface area contributed by atoms with Gasteiger partial charge in [-0.25, -0.2) is 4.39 Å². The van der Waals surface area contributed by atoms with Gasteiger partial charge in [0.25, 0.3) is 0 Å². The Morgan fingerprint density at radius 2 is 1.88 bits per heavy atom. The molecule has 32 heavy (non-hydrogen) atoms. The summed E-state index contributed by atoms with van der Waals surface area (Å²) in [5.41, 5.74) is 0.984. The summed E-state index contributed by atoms with van der Waals surface area (Å²) in [4.78, 5) is 7.22. The number of benzene rings is 1. The molecule has 1 aromatic carbocycles. The number of rotatable bonds is 8. The Morgan fingerprint density at radius 1 is 1.12 bits per heavy atom. The Kier molecular flexibility index (Phi) is 8.04. The van der Waals surface area contributed by atoms with Crippen LogP contribution in [0.3, 0.4) is 0 Å². The Labute approximate surface area is 190 Å². The molecule has 2 heterocycles. The van der Waals surface area contributed by atoms with E-state index in [0.717, 1.165) is 56.2 Å². The third kappa shape index (κ3) is 6.48. The molecule has 1 aromatic heterocycles. The van der Waals surface area contributed by atoms with Crippen molar-refractivity contribution in [3.63, 3.8) is 0 Å². The summed E-state index contributed by atoms with van der Waals surface area (Å²) in [7, 11) is 1.49. The summed E-state index contributed by atoms with van der Waals surface area (Å²) < 4.78 is 24.4. The molecular formula is C25H35FN4O2. The largest absolute Gasteiger partial charge is 0.494 e. The van der Waals surface area contributed by atoms with Gasteiger partial charge in [0.15, 0.2) is 17.5 Å². The zero-order chi connectivity index (χ0) is 22.2. The zero-order valence-electron chi connectivity index (χ0n) is 19.0. The minimum absolute atomic E-state index is 0.296. The van der Waals surface area contributed by atoms with Gasteiger partial charge in [-0.1, -0.05) is 18.9 Å². The minimum atomic E-state index is -0.296. The van der Waals surface area contributed by atoms with Crippen molar-refractivity contribution in [2.24, 2.45) is 4.99 Å². The lowest BCUT2D eigenvalue weighted by atomic mass is 10.0. The van der Waals surface area contributed by atoms with E-state index < -0.39 is 0 Å². The maximum atomic E-state index is 14.0. The van der Waals surface area contributed by atoms with Crippen molar-refractivity contribution in [2.75, 3.05) is 26.7 Å². The third-order valence-corrected chi connectivity index (χ3v) is 6.46. The minimum Gasteiger partial charge on any atom is -0.494 e. The molecule has 0 amide bonds. The fraction of sp³-hybridized carbons (Fsp3) is 0.560. The first kappa shape index (κ1) is 22.6. The van der Waals surface area contributed by atoms with E-state index >= 15 is 0 Å². The number of nitrogens with one attached hydrogen (secondary N) is 2. The molecule has 4 rings (SSSR count). The lowest BCUT2D eigenvalue weighted by Crippen LogP contribution is -2.50. The average Bonchev–Trinajstić information content (AvgIpc) is 3.50. The number of hydrogen-bond donors (Lipinski definition) is 2. The number of halogens is 1. The Bertz CT molecular complexity index is 857. The number of furan rings is 1. The first-order valence-corrected chi connectivity index (χ1v) is 11.8. The normalized spacial score (nSPS) is 18.8. The van der Waals surface area contributed by atoms with Crippen molar-refractivity contribution >= 4 is 5.96 Å². The second-order valence-electron chi connectivity index (χ2n) is 8.85.